The molecule has 21 heavy (non-hydrogen) atoms. The standard InChI is InChI=1S/C17H24BrNO2/c1-2-14-13(9-12-5-3-6-19-11-12)10-15(18)17-16(14)20-7-4-8-21-17/h10,12,19H,2-9,11H2,1H3. The van der Waals surface area contributed by atoms with E-state index in [1.54, 1.807) is 0 Å². The highest BCUT2D eigenvalue weighted by Gasteiger charge is 2.23. The molecule has 1 unspecified atom stereocenters. The van der Waals surface area contributed by atoms with Crippen LogP contribution in [0.25, 0.3) is 0 Å². The van der Waals surface area contributed by atoms with Crippen molar-refractivity contribution in [2.24, 2.45) is 5.92 Å². The van der Waals surface area contributed by atoms with Crippen molar-refractivity contribution >= 4 is 15.9 Å². The molecule has 3 nitrogen and oxygen atoms in total. The Morgan fingerprint density at radius 1 is 1.24 bits per heavy atom. The van der Waals surface area contributed by atoms with E-state index in [1.807, 2.05) is 0 Å². The van der Waals surface area contributed by atoms with Crippen molar-refractivity contribution in [3.8, 4) is 11.5 Å². The summed E-state index contributed by atoms with van der Waals surface area (Å²) in [7, 11) is 0. The summed E-state index contributed by atoms with van der Waals surface area (Å²) < 4.78 is 12.9. The predicted octanol–water partition coefficient (Wildman–Crippen LogP) is 3.71. The zero-order chi connectivity index (χ0) is 14.7. The van der Waals surface area contributed by atoms with E-state index in [-0.39, 0.29) is 0 Å². The third-order valence-corrected chi connectivity index (χ3v) is 5.02. The van der Waals surface area contributed by atoms with E-state index in [2.05, 4.69) is 34.2 Å². The minimum Gasteiger partial charge on any atom is -0.489 e. The molecule has 1 atom stereocenters. The summed E-state index contributed by atoms with van der Waals surface area (Å²) in [5.74, 6) is 2.61. The van der Waals surface area contributed by atoms with Gasteiger partial charge in [0.05, 0.1) is 17.7 Å². The molecule has 0 amide bonds. The van der Waals surface area contributed by atoms with Crippen LogP contribution in [0.3, 0.4) is 0 Å². The van der Waals surface area contributed by atoms with Crippen LogP contribution in [0.4, 0.5) is 0 Å². The Hall–Kier alpha value is -0.740. The first-order valence-corrected chi connectivity index (χ1v) is 8.89. The lowest BCUT2D eigenvalue weighted by Crippen LogP contribution is -2.31. The molecule has 1 aromatic carbocycles. The van der Waals surface area contributed by atoms with Crippen molar-refractivity contribution in [2.75, 3.05) is 26.3 Å². The average Bonchev–Trinajstić information content (AvgIpc) is 2.75. The van der Waals surface area contributed by atoms with Gasteiger partial charge in [-0.1, -0.05) is 6.92 Å². The van der Waals surface area contributed by atoms with Gasteiger partial charge in [0.25, 0.3) is 0 Å². The molecule has 1 aromatic rings. The highest BCUT2D eigenvalue weighted by Crippen LogP contribution is 2.42. The van der Waals surface area contributed by atoms with Crippen LogP contribution >= 0.6 is 15.9 Å². The molecule has 0 aromatic heterocycles. The van der Waals surface area contributed by atoms with Crippen LogP contribution in [0.1, 0.15) is 37.3 Å². The number of fused-ring (bicyclic) bond motifs is 1. The van der Waals surface area contributed by atoms with E-state index in [0.717, 1.165) is 60.9 Å². The molecule has 4 heteroatoms. The number of hydrogen-bond donors (Lipinski definition) is 1. The molecular weight excluding hydrogens is 330 g/mol. The maximum atomic E-state index is 6.01. The topological polar surface area (TPSA) is 30.5 Å². The first kappa shape index (κ1) is 15.2. The van der Waals surface area contributed by atoms with Crippen LogP contribution in [0.15, 0.2) is 10.5 Å². The van der Waals surface area contributed by atoms with Crippen molar-refractivity contribution in [3.05, 3.63) is 21.7 Å². The summed E-state index contributed by atoms with van der Waals surface area (Å²) in [5.41, 5.74) is 2.75. The second-order valence-corrected chi connectivity index (χ2v) is 6.83. The van der Waals surface area contributed by atoms with E-state index in [4.69, 9.17) is 9.47 Å². The Bertz CT molecular complexity index is 498. The smallest absolute Gasteiger partial charge is 0.175 e. The summed E-state index contributed by atoms with van der Waals surface area (Å²) in [6, 6.07) is 2.25. The van der Waals surface area contributed by atoms with Crippen molar-refractivity contribution < 1.29 is 9.47 Å². The zero-order valence-electron chi connectivity index (χ0n) is 12.7. The molecule has 0 bridgehead atoms. The van der Waals surface area contributed by atoms with Gasteiger partial charge in [-0.3, -0.25) is 0 Å². The Morgan fingerprint density at radius 2 is 2.05 bits per heavy atom. The van der Waals surface area contributed by atoms with Crippen molar-refractivity contribution in [1.82, 2.24) is 5.32 Å². The van der Waals surface area contributed by atoms with Gasteiger partial charge in [-0.2, -0.15) is 0 Å². The highest BCUT2D eigenvalue weighted by molar-refractivity contribution is 9.10. The van der Waals surface area contributed by atoms with Gasteiger partial charge in [0.15, 0.2) is 11.5 Å². The molecule has 2 aliphatic rings. The van der Waals surface area contributed by atoms with Gasteiger partial charge in [0, 0.05) is 12.0 Å². The second-order valence-electron chi connectivity index (χ2n) is 5.97. The third kappa shape index (κ3) is 3.37. The third-order valence-electron chi connectivity index (χ3n) is 4.43. The normalized spacial score (nSPS) is 21.9. The van der Waals surface area contributed by atoms with Crippen LogP contribution < -0.4 is 14.8 Å². The quantitative estimate of drug-likeness (QED) is 0.898. The Morgan fingerprint density at radius 3 is 2.76 bits per heavy atom. The molecule has 3 rings (SSSR count). The number of rotatable bonds is 3. The van der Waals surface area contributed by atoms with Crippen molar-refractivity contribution in [1.29, 1.82) is 0 Å². The molecule has 1 saturated heterocycles. The van der Waals surface area contributed by atoms with Gasteiger partial charge < -0.3 is 14.8 Å². The molecule has 116 valence electrons. The number of hydrogen-bond acceptors (Lipinski definition) is 3. The first-order chi connectivity index (χ1) is 10.3. The first-order valence-electron chi connectivity index (χ1n) is 8.10. The van der Waals surface area contributed by atoms with E-state index in [1.165, 1.54) is 30.5 Å². The lowest BCUT2D eigenvalue weighted by atomic mass is 9.89. The van der Waals surface area contributed by atoms with Crippen LogP contribution in [-0.4, -0.2) is 26.3 Å². The maximum absolute atomic E-state index is 6.01. The van der Waals surface area contributed by atoms with Gasteiger partial charge in [0.1, 0.15) is 0 Å². The molecule has 0 saturated carbocycles. The predicted molar refractivity (Wildman–Crippen MR) is 88.4 cm³/mol. The van der Waals surface area contributed by atoms with E-state index >= 15 is 0 Å². The Balaban J connectivity index is 1.92. The second kappa shape index (κ2) is 7.01. The lowest BCUT2D eigenvalue weighted by Gasteiger charge is -2.25. The van der Waals surface area contributed by atoms with Crippen LogP contribution in [0, 0.1) is 5.92 Å². The molecule has 0 aliphatic carbocycles. The average molecular weight is 354 g/mol. The monoisotopic (exact) mass is 353 g/mol. The summed E-state index contributed by atoms with van der Waals surface area (Å²) in [6.07, 6.45) is 5.69. The van der Waals surface area contributed by atoms with Gasteiger partial charge >= 0.3 is 0 Å². The summed E-state index contributed by atoms with van der Waals surface area (Å²) >= 11 is 3.68. The molecule has 2 heterocycles. The van der Waals surface area contributed by atoms with Crippen LogP contribution in [-0.2, 0) is 12.8 Å². The summed E-state index contributed by atoms with van der Waals surface area (Å²) in [5, 5.41) is 3.51. The Labute approximate surface area is 135 Å². The molecule has 1 fully saturated rings. The highest BCUT2D eigenvalue weighted by atomic mass is 79.9. The van der Waals surface area contributed by atoms with Gasteiger partial charge in [-0.15, -0.1) is 0 Å². The fraction of sp³-hybridized carbons (Fsp3) is 0.647. The molecule has 2 aliphatic heterocycles. The van der Waals surface area contributed by atoms with Gasteiger partial charge in [-0.25, -0.2) is 0 Å². The van der Waals surface area contributed by atoms with Crippen molar-refractivity contribution in [2.45, 2.75) is 39.0 Å². The maximum Gasteiger partial charge on any atom is 0.175 e. The molecule has 1 N–H and O–H groups in total. The van der Waals surface area contributed by atoms with Gasteiger partial charge in [-0.05, 0) is 72.3 Å². The number of nitrogens with one attached hydrogen (secondary N) is 1. The SMILES string of the molecule is CCc1c(CC2CCCNC2)cc(Br)c2c1OCCCO2. The molecular formula is C17H24BrNO2. The van der Waals surface area contributed by atoms with Crippen LogP contribution in [0.5, 0.6) is 11.5 Å². The number of piperidine rings is 1. The summed E-state index contributed by atoms with van der Waals surface area (Å²) in [6.45, 7) is 6.00. The lowest BCUT2D eigenvalue weighted by molar-refractivity contribution is 0.295. The minimum atomic E-state index is 0.737. The fourth-order valence-electron chi connectivity index (χ4n) is 3.37. The number of halogens is 1. The van der Waals surface area contributed by atoms with E-state index in [0.29, 0.717) is 0 Å². The number of benzene rings is 1. The number of ether oxygens (including phenoxy) is 2. The summed E-state index contributed by atoms with van der Waals surface area (Å²) in [4.78, 5) is 0. The minimum absolute atomic E-state index is 0.737. The van der Waals surface area contributed by atoms with Gasteiger partial charge in [0.2, 0.25) is 0 Å². The Kier molecular flexibility index (Phi) is 5.07. The van der Waals surface area contributed by atoms with Crippen LogP contribution in [0.2, 0.25) is 0 Å². The van der Waals surface area contributed by atoms with E-state index in [9.17, 15) is 0 Å². The molecule has 0 spiro atoms. The largest absolute Gasteiger partial charge is 0.489 e. The molecule has 0 radical (unpaired) electrons. The zero-order valence-corrected chi connectivity index (χ0v) is 14.3. The fourth-order valence-corrected chi connectivity index (χ4v) is 3.94. The van der Waals surface area contributed by atoms with Crippen molar-refractivity contribution in [3.63, 3.8) is 0 Å². The van der Waals surface area contributed by atoms with E-state index < -0.39 is 0 Å².